The molecule has 2 aromatic rings. The van der Waals surface area contributed by atoms with Gasteiger partial charge in [0.15, 0.2) is 5.13 Å². The fourth-order valence-electron chi connectivity index (χ4n) is 1.41. The number of hydrogen-bond donors (Lipinski definition) is 3. The zero-order valence-electron chi connectivity index (χ0n) is 9.68. The molecule has 0 radical (unpaired) electrons. The summed E-state index contributed by atoms with van der Waals surface area (Å²) in [5, 5.41) is 14.4. The minimum absolute atomic E-state index is 0.0484. The smallest absolute Gasteiger partial charge is 0.339 e. The van der Waals surface area contributed by atoms with Gasteiger partial charge >= 0.3 is 12.0 Å². The topological polar surface area (TPSA) is 91.3 Å². The van der Waals surface area contributed by atoms with Crippen LogP contribution in [0.5, 0.6) is 0 Å². The molecular weight excluding hydrogens is 370 g/mol. The van der Waals surface area contributed by atoms with E-state index in [9.17, 15) is 9.59 Å². The van der Waals surface area contributed by atoms with Crippen molar-refractivity contribution in [2.45, 2.75) is 0 Å². The summed E-state index contributed by atoms with van der Waals surface area (Å²) >= 11 is 10.3. The lowest BCUT2D eigenvalue weighted by molar-refractivity contribution is 0.0698. The maximum atomic E-state index is 11.8. The van der Waals surface area contributed by atoms with E-state index in [4.69, 9.17) is 16.7 Å². The zero-order valence-corrected chi connectivity index (χ0v) is 12.8. The van der Waals surface area contributed by atoms with Gasteiger partial charge in [-0.2, -0.15) is 0 Å². The average molecular weight is 377 g/mol. The van der Waals surface area contributed by atoms with Crippen molar-refractivity contribution in [2.75, 3.05) is 10.6 Å². The monoisotopic (exact) mass is 375 g/mol. The number of carbonyl (C=O) groups excluding carboxylic acids is 1. The van der Waals surface area contributed by atoms with Gasteiger partial charge in [0.05, 0.1) is 20.7 Å². The summed E-state index contributed by atoms with van der Waals surface area (Å²) in [7, 11) is 0. The second kappa shape index (κ2) is 6.21. The fraction of sp³-hybridized carbons (Fsp3) is 0. The maximum Gasteiger partial charge on any atom is 0.339 e. The van der Waals surface area contributed by atoms with Gasteiger partial charge in [-0.05, 0) is 28.1 Å². The number of urea groups is 1. The molecule has 2 rings (SSSR count). The first kappa shape index (κ1) is 14.8. The predicted molar refractivity (Wildman–Crippen MR) is 80.9 cm³/mol. The number of anilines is 2. The van der Waals surface area contributed by atoms with Crippen molar-refractivity contribution in [1.29, 1.82) is 0 Å². The van der Waals surface area contributed by atoms with Crippen molar-refractivity contribution in [1.82, 2.24) is 4.98 Å². The Kier molecular flexibility index (Phi) is 4.58. The molecule has 0 unspecified atom stereocenters. The summed E-state index contributed by atoms with van der Waals surface area (Å²) in [6, 6.07) is 3.83. The molecule has 2 amide bonds. The summed E-state index contributed by atoms with van der Waals surface area (Å²) in [6.45, 7) is 0. The number of nitrogens with one attached hydrogen (secondary N) is 2. The first-order chi connectivity index (χ1) is 9.47. The number of carbonyl (C=O) groups is 2. The van der Waals surface area contributed by atoms with E-state index >= 15 is 0 Å². The summed E-state index contributed by atoms with van der Waals surface area (Å²) in [5.74, 6) is -1.22. The molecule has 0 saturated heterocycles. The Hall–Kier alpha value is -1.64. The highest BCUT2D eigenvalue weighted by Gasteiger charge is 2.16. The Labute approximate surface area is 130 Å². The highest BCUT2D eigenvalue weighted by atomic mass is 79.9. The molecule has 0 saturated carbocycles. The Balaban J connectivity index is 2.16. The minimum Gasteiger partial charge on any atom is -0.478 e. The lowest BCUT2D eigenvalue weighted by Crippen LogP contribution is -2.21. The van der Waals surface area contributed by atoms with E-state index in [0.29, 0.717) is 5.13 Å². The number of aromatic nitrogens is 1. The highest BCUT2D eigenvalue weighted by Crippen LogP contribution is 2.26. The number of benzene rings is 1. The quantitative estimate of drug-likeness (QED) is 0.757. The third-order valence-electron chi connectivity index (χ3n) is 2.17. The van der Waals surface area contributed by atoms with Gasteiger partial charge in [0.25, 0.3) is 0 Å². The van der Waals surface area contributed by atoms with Crippen LogP contribution in [0.1, 0.15) is 10.4 Å². The van der Waals surface area contributed by atoms with Crippen molar-refractivity contribution in [2.24, 2.45) is 0 Å². The number of nitrogens with zero attached hydrogens (tertiary/aromatic N) is 1. The Morgan fingerprint density at radius 2 is 2.10 bits per heavy atom. The number of rotatable bonds is 3. The predicted octanol–water partition coefficient (Wildman–Crippen LogP) is 3.90. The molecule has 0 aliphatic heterocycles. The van der Waals surface area contributed by atoms with E-state index in [-0.39, 0.29) is 16.3 Å². The fourth-order valence-corrected chi connectivity index (χ4v) is 2.77. The second-order valence-electron chi connectivity index (χ2n) is 3.52. The molecule has 3 N–H and O–H groups in total. The number of carboxylic acid groups (broad SMARTS) is 1. The van der Waals surface area contributed by atoms with Gasteiger partial charge in [0, 0.05) is 0 Å². The van der Waals surface area contributed by atoms with E-state index in [1.165, 1.54) is 23.5 Å². The lowest BCUT2D eigenvalue weighted by Gasteiger charge is -2.09. The normalized spacial score (nSPS) is 10.1. The number of carboxylic acids is 1. The molecule has 0 atom stereocenters. The van der Waals surface area contributed by atoms with Crippen LogP contribution in [0.2, 0.25) is 5.02 Å². The molecule has 1 aromatic heterocycles. The molecule has 0 aliphatic rings. The summed E-state index contributed by atoms with van der Waals surface area (Å²) < 4.78 is 0.766. The highest BCUT2D eigenvalue weighted by molar-refractivity contribution is 9.11. The standard InChI is InChI=1S/C11H7BrClN3O3S/c12-7-4-14-11(20-7)16-10(19)15-6-3-1-2-5(13)8(6)9(17)18/h1-4H,(H,17,18)(H2,14,15,16,19). The molecule has 0 aliphatic carbocycles. The Bertz CT molecular complexity index is 677. The number of halogens is 2. The van der Waals surface area contributed by atoms with Crippen LogP contribution in [0.15, 0.2) is 28.2 Å². The van der Waals surface area contributed by atoms with Crippen molar-refractivity contribution in [3.05, 3.63) is 38.8 Å². The largest absolute Gasteiger partial charge is 0.478 e. The van der Waals surface area contributed by atoms with E-state index < -0.39 is 12.0 Å². The van der Waals surface area contributed by atoms with Crippen LogP contribution in [0.3, 0.4) is 0 Å². The summed E-state index contributed by atoms with van der Waals surface area (Å²) in [4.78, 5) is 26.8. The van der Waals surface area contributed by atoms with Crippen LogP contribution >= 0.6 is 38.9 Å². The van der Waals surface area contributed by atoms with Gasteiger partial charge in [0.2, 0.25) is 0 Å². The molecule has 0 spiro atoms. The van der Waals surface area contributed by atoms with Crippen LogP contribution in [0, 0.1) is 0 Å². The van der Waals surface area contributed by atoms with Crippen LogP contribution in [-0.2, 0) is 0 Å². The number of thiazole rings is 1. The number of hydrogen-bond acceptors (Lipinski definition) is 4. The van der Waals surface area contributed by atoms with Gasteiger partial charge in [-0.15, -0.1) is 0 Å². The lowest BCUT2D eigenvalue weighted by atomic mass is 10.2. The Morgan fingerprint density at radius 3 is 2.70 bits per heavy atom. The molecular formula is C11H7BrClN3O3S. The van der Waals surface area contributed by atoms with Crippen LogP contribution in [0.25, 0.3) is 0 Å². The van der Waals surface area contributed by atoms with Crippen molar-refractivity contribution < 1.29 is 14.7 Å². The molecule has 0 bridgehead atoms. The van der Waals surface area contributed by atoms with Gasteiger partial charge in [-0.3, -0.25) is 5.32 Å². The van der Waals surface area contributed by atoms with E-state index in [1.807, 2.05) is 0 Å². The zero-order chi connectivity index (χ0) is 14.7. The van der Waals surface area contributed by atoms with Gasteiger partial charge < -0.3 is 10.4 Å². The van der Waals surface area contributed by atoms with Crippen LogP contribution in [-0.4, -0.2) is 22.1 Å². The summed E-state index contributed by atoms with van der Waals surface area (Å²) in [6.07, 6.45) is 1.54. The van der Waals surface area contributed by atoms with Crippen LogP contribution in [0.4, 0.5) is 15.6 Å². The molecule has 9 heteroatoms. The van der Waals surface area contributed by atoms with Crippen molar-refractivity contribution >= 4 is 61.7 Å². The van der Waals surface area contributed by atoms with Crippen molar-refractivity contribution in [3.63, 3.8) is 0 Å². The molecule has 104 valence electrons. The molecule has 20 heavy (non-hydrogen) atoms. The maximum absolute atomic E-state index is 11.8. The number of aromatic carboxylic acids is 1. The SMILES string of the molecule is O=C(Nc1ncc(Br)s1)Nc1cccc(Cl)c1C(=O)O. The molecule has 6 nitrogen and oxygen atoms in total. The average Bonchev–Trinajstić information content (AvgIpc) is 2.74. The first-order valence-corrected chi connectivity index (χ1v) is 7.17. The minimum atomic E-state index is -1.22. The third kappa shape index (κ3) is 3.47. The van der Waals surface area contributed by atoms with Gasteiger partial charge in [0.1, 0.15) is 5.56 Å². The van der Waals surface area contributed by atoms with E-state index in [0.717, 1.165) is 3.79 Å². The van der Waals surface area contributed by atoms with Crippen molar-refractivity contribution in [3.8, 4) is 0 Å². The van der Waals surface area contributed by atoms with E-state index in [2.05, 4.69) is 31.5 Å². The molecule has 0 fully saturated rings. The van der Waals surface area contributed by atoms with Crippen LogP contribution < -0.4 is 10.6 Å². The second-order valence-corrected chi connectivity index (χ2v) is 6.33. The summed E-state index contributed by atoms with van der Waals surface area (Å²) in [5.41, 5.74) is -0.0530. The Morgan fingerprint density at radius 1 is 1.35 bits per heavy atom. The van der Waals surface area contributed by atoms with Gasteiger partial charge in [-0.25, -0.2) is 14.6 Å². The first-order valence-electron chi connectivity index (χ1n) is 5.18. The number of amides is 2. The van der Waals surface area contributed by atoms with E-state index in [1.54, 1.807) is 12.3 Å². The molecule has 1 aromatic carbocycles. The van der Waals surface area contributed by atoms with Gasteiger partial charge in [-0.1, -0.05) is 29.0 Å². The third-order valence-corrected chi connectivity index (χ3v) is 3.88. The molecule has 1 heterocycles.